The second-order valence-corrected chi connectivity index (χ2v) is 5.79. The van der Waals surface area contributed by atoms with Gasteiger partial charge in [-0.05, 0) is 56.1 Å². The molecule has 1 aliphatic rings. The van der Waals surface area contributed by atoms with Gasteiger partial charge >= 0.3 is 0 Å². The summed E-state index contributed by atoms with van der Waals surface area (Å²) in [4.78, 5) is 4.69. The van der Waals surface area contributed by atoms with Gasteiger partial charge in [0.05, 0.1) is 0 Å². The second kappa shape index (κ2) is 7.99. The number of rotatable bonds is 1. The van der Waals surface area contributed by atoms with Crippen LogP contribution in [0.4, 0.5) is 0 Å². The molecule has 2 aromatic heterocycles. The summed E-state index contributed by atoms with van der Waals surface area (Å²) in [5.74, 6) is 0. The van der Waals surface area contributed by atoms with Crippen LogP contribution in [0.25, 0.3) is 16.7 Å². The van der Waals surface area contributed by atoms with Gasteiger partial charge in [-0.3, -0.25) is 4.57 Å². The molecule has 0 spiro atoms. The Labute approximate surface area is 154 Å². The smallest absolute Gasteiger partial charge is 0.145 e. The molecule has 0 saturated carbocycles. The van der Waals surface area contributed by atoms with Crippen molar-refractivity contribution in [3.63, 3.8) is 0 Å². The fourth-order valence-electron chi connectivity index (χ4n) is 3.52. The molecule has 1 aromatic carbocycles. The average Bonchev–Trinajstić information content (AvgIpc) is 2.85. The van der Waals surface area contributed by atoms with Crippen molar-refractivity contribution >= 4 is 35.8 Å². The van der Waals surface area contributed by atoms with Gasteiger partial charge in [-0.1, -0.05) is 18.2 Å². The van der Waals surface area contributed by atoms with Crippen LogP contribution in [-0.4, -0.2) is 21.6 Å². The minimum Gasteiger partial charge on any atom is -0.412 e. The first-order chi connectivity index (χ1) is 10.3. The topological polar surface area (TPSA) is 61.4 Å². The predicted molar refractivity (Wildman–Crippen MR) is 104 cm³/mol. The van der Waals surface area contributed by atoms with Crippen molar-refractivity contribution in [1.82, 2.24) is 14.9 Å². The van der Waals surface area contributed by atoms with Crippen LogP contribution < -0.4 is 5.32 Å². The fraction of sp³-hybridized carbons (Fsp3) is 0.278. The summed E-state index contributed by atoms with van der Waals surface area (Å²) in [7, 11) is 0. The number of nitrogens with zero attached hydrogens (tertiary/aromatic N) is 2. The van der Waals surface area contributed by atoms with Gasteiger partial charge in [-0.15, -0.1) is 24.8 Å². The van der Waals surface area contributed by atoms with Crippen LogP contribution >= 0.6 is 24.8 Å². The van der Waals surface area contributed by atoms with Gasteiger partial charge in [-0.2, -0.15) is 0 Å². The molecule has 0 radical (unpaired) electrons. The number of aromatic nitrogens is 2. The minimum atomic E-state index is 0. The highest BCUT2D eigenvalue weighted by atomic mass is 35.5. The van der Waals surface area contributed by atoms with Crippen molar-refractivity contribution in [2.45, 2.75) is 26.3 Å². The highest BCUT2D eigenvalue weighted by Crippen LogP contribution is 2.35. The standard InChI is InChI=1S/C18H19N3.2ClH.H2O/c1-12-8-10-20-18-16(12)15-9-11-19-13(2)17(15)21(18)14-6-4-3-5-7-14;;;/h3-8,10,13,19H,9,11H2,1-2H3;2*1H;1H2. The molecular weight excluding hydrogens is 345 g/mol. The van der Waals surface area contributed by atoms with E-state index in [9.17, 15) is 0 Å². The first-order valence-electron chi connectivity index (χ1n) is 7.55. The molecule has 1 aliphatic heterocycles. The van der Waals surface area contributed by atoms with E-state index in [0.717, 1.165) is 18.6 Å². The molecule has 0 saturated heterocycles. The zero-order valence-corrected chi connectivity index (χ0v) is 15.4. The lowest BCUT2D eigenvalue weighted by Gasteiger charge is -2.23. The van der Waals surface area contributed by atoms with E-state index in [-0.39, 0.29) is 30.3 Å². The molecule has 3 heterocycles. The predicted octanol–water partition coefficient (Wildman–Crippen LogP) is 3.56. The fourth-order valence-corrected chi connectivity index (χ4v) is 3.52. The van der Waals surface area contributed by atoms with Crippen molar-refractivity contribution in [2.24, 2.45) is 0 Å². The summed E-state index contributed by atoms with van der Waals surface area (Å²) in [5, 5.41) is 4.92. The van der Waals surface area contributed by atoms with Crippen LogP contribution in [0, 0.1) is 6.92 Å². The number of hydrogen-bond donors (Lipinski definition) is 1. The van der Waals surface area contributed by atoms with E-state index in [1.165, 1.54) is 27.9 Å². The Morgan fingerprint density at radius 3 is 2.54 bits per heavy atom. The molecule has 1 atom stereocenters. The van der Waals surface area contributed by atoms with Crippen LogP contribution in [0.2, 0.25) is 0 Å². The molecule has 0 fully saturated rings. The quantitative estimate of drug-likeness (QED) is 0.714. The van der Waals surface area contributed by atoms with E-state index in [1.807, 2.05) is 6.20 Å². The highest BCUT2D eigenvalue weighted by Gasteiger charge is 2.26. The van der Waals surface area contributed by atoms with Gasteiger partial charge < -0.3 is 10.8 Å². The van der Waals surface area contributed by atoms with Gasteiger partial charge in [0.1, 0.15) is 5.65 Å². The molecule has 4 rings (SSSR count). The highest BCUT2D eigenvalue weighted by molar-refractivity contribution is 5.87. The van der Waals surface area contributed by atoms with Crippen LogP contribution in [0.1, 0.15) is 29.8 Å². The third-order valence-corrected chi connectivity index (χ3v) is 4.45. The van der Waals surface area contributed by atoms with Gasteiger partial charge in [0.25, 0.3) is 0 Å². The Hall–Kier alpha value is -1.59. The van der Waals surface area contributed by atoms with Crippen molar-refractivity contribution in [3.8, 4) is 5.69 Å². The Morgan fingerprint density at radius 1 is 1.12 bits per heavy atom. The lowest BCUT2D eigenvalue weighted by Crippen LogP contribution is -2.29. The third kappa shape index (κ3) is 3.03. The molecule has 130 valence electrons. The lowest BCUT2D eigenvalue weighted by atomic mass is 9.99. The Morgan fingerprint density at radius 2 is 1.83 bits per heavy atom. The Kier molecular flexibility index (Phi) is 6.81. The summed E-state index contributed by atoms with van der Waals surface area (Å²) in [6.07, 6.45) is 2.99. The minimum absolute atomic E-state index is 0. The molecule has 1 unspecified atom stereocenters. The largest absolute Gasteiger partial charge is 0.412 e. The molecule has 0 bridgehead atoms. The first kappa shape index (κ1) is 20.5. The SMILES string of the molecule is Cc1ccnc2c1c1c(n2-c2ccccc2)C(C)NCC1.Cl.Cl.O. The number of aryl methyl sites for hydroxylation is 1. The first-order valence-corrected chi connectivity index (χ1v) is 7.55. The third-order valence-electron chi connectivity index (χ3n) is 4.45. The van der Waals surface area contributed by atoms with E-state index in [2.05, 4.69) is 60.1 Å². The zero-order chi connectivity index (χ0) is 14.4. The van der Waals surface area contributed by atoms with E-state index < -0.39 is 0 Å². The van der Waals surface area contributed by atoms with E-state index in [0.29, 0.717) is 6.04 Å². The summed E-state index contributed by atoms with van der Waals surface area (Å²) in [6, 6.07) is 13.0. The summed E-state index contributed by atoms with van der Waals surface area (Å²) >= 11 is 0. The zero-order valence-electron chi connectivity index (χ0n) is 13.7. The summed E-state index contributed by atoms with van der Waals surface area (Å²) in [6.45, 7) is 5.47. The van der Waals surface area contributed by atoms with Crippen molar-refractivity contribution in [2.75, 3.05) is 6.54 Å². The molecule has 3 N–H and O–H groups in total. The number of nitrogens with one attached hydrogen (secondary N) is 1. The number of benzene rings is 1. The van der Waals surface area contributed by atoms with Gasteiger partial charge in [0, 0.05) is 29.0 Å². The second-order valence-electron chi connectivity index (χ2n) is 5.79. The number of halogens is 2. The van der Waals surface area contributed by atoms with Crippen LogP contribution in [0.5, 0.6) is 0 Å². The summed E-state index contributed by atoms with van der Waals surface area (Å²) < 4.78 is 2.33. The maximum atomic E-state index is 4.69. The molecular formula is C18H23Cl2N3O. The number of fused-ring (bicyclic) bond motifs is 3. The van der Waals surface area contributed by atoms with Crippen LogP contribution in [-0.2, 0) is 6.42 Å². The van der Waals surface area contributed by atoms with Gasteiger partial charge in [0.2, 0.25) is 0 Å². The molecule has 6 heteroatoms. The Balaban J connectivity index is 0.000000960. The van der Waals surface area contributed by atoms with E-state index >= 15 is 0 Å². The molecule has 0 amide bonds. The van der Waals surface area contributed by atoms with E-state index in [4.69, 9.17) is 4.98 Å². The van der Waals surface area contributed by atoms with Crippen molar-refractivity contribution in [3.05, 3.63) is 59.4 Å². The maximum Gasteiger partial charge on any atom is 0.145 e. The normalized spacial score (nSPS) is 15.7. The van der Waals surface area contributed by atoms with Crippen LogP contribution in [0.3, 0.4) is 0 Å². The average molecular weight is 368 g/mol. The van der Waals surface area contributed by atoms with Gasteiger partial charge in [0.15, 0.2) is 0 Å². The lowest BCUT2D eigenvalue weighted by molar-refractivity contribution is 0.523. The van der Waals surface area contributed by atoms with Crippen molar-refractivity contribution < 1.29 is 5.48 Å². The van der Waals surface area contributed by atoms with Crippen LogP contribution in [0.15, 0.2) is 42.6 Å². The number of para-hydroxylation sites is 1. The number of hydrogen-bond acceptors (Lipinski definition) is 2. The molecule has 4 nitrogen and oxygen atoms in total. The molecule has 3 aromatic rings. The van der Waals surface area contributed by atoms with Crippen molar-refractivity contribution in [1.29, 1.82) is 0 Å². The molecule has 0 aliphatic carbocycles. The molecule has 24 heavy (non-hydrogen) atoms. The number of pyridine rings is 1. The monoisotopic (exact) mass is 367 g/mol. The van der Waals surface area contributed by atoms with Gasteiger partial charge in [-0.25, -0.2) is 4.98 Å². The van der Waals surface area contributed by atoms with E-state index in [1.54, 1.807) is 0 Å². The Bertz CT molecular complexity index is 818. The summed E-state index contributed by atoms with van der Waals surface area (Å²) in [5.41, 5.74) is 6.43. The maximum absolute atomic E-state index is 4.69.